The molecule has 0 saturated heterocycles. The van der Waals surface area contributed by atoms with Crippen molar-refractivity contribution in [2.24, 2.45) is 0 Å². The van der Waals surface area contributed by atoms with Crippen LogP contribution in [0.25, 0.3) is 21.7 Å². The Bertz CT molecular complexity index is 1430. The standard InChI is InChI=1S/C28H21NO4/c30-26(18-32-25-16-8-12-19-9-4-5-13-21(19)25)33-28(20-10-2-1-3-11-20)27(31)23-17-29-24-15-7-6-14-22(23)24/h1-17,28-29H,18H2. The number of aromatic amines is 1. The first kappa shape index (κ1) is 20.5. The van der Waals surface area contributed by atoms with E-state index in [0.29, 0.717) is 16.9 Å². The zero-order valence-corrected chi connectivity index (χ0v) is 17.7. The molecule has 5 heteroatoms. The number of hydrogen-bond donors (Lipinski definition) is 1. The first-order valence-electron chi connectivity index (χ1n) is 10.7. The third-order valence-corrected chi connectivity index (χ3v) is 5.54. The lowest BCUT2D eigenvalue weighted by Crippen LogP contribution is -2.23. The summed E-state index contributed by atoms with van der Waals surface area (Å²) in [7, 11) is 0. The summed E-state index contributed by atoms with van der Waals surface area (Å²) in [5, 5.41) is 2.70. The molecule has 1 aromatic heterocycles. The molecule has 1 heterocycles. The average molecular weight is 435 g/mol. The van der Waals surface area contributed by atoms with Gasteiger partial charge in [0.15, 0.2) is 12.7 Å². The minimum absolute atomic E-state index is 0.294. The summed E-state index contributed by atoms with van der Waals surface area (Å²) in [5.74, 6) is -0.327. The number of ether oxygens (including phenoxy) is 2. The van der Waals surface area contributed by atoms with Gasteiger partial charge in [-0.2, -0.15) is 0 Å². The average Bonchev–Trinajstić information content (AvgIpc) is 3.30. The second kappa shape index (κ2) is 9.01. The van der Waals surface area contributed by atoms with Crippen LogP contribution in [0, 0.1) is 0 Å². The van der Waals surface area contributed by atoms with Crippen LogP contribution in [0.3, 0.4) is 0 Å². The van der Waals surface area contributed by atoms with Gasteiger partial charge in [-0.3, -0.25) is 4.79 Å². The second-order valence-corrected chi connectivity index (χ2v) is 7.66. The van der Waals surface area contributed by atoms with Gasteiger partial charge in [0.05, 0.1) is 0 Å². The predicted octanol–water partition coefficient (Wildman–Crippen LogP) is 5.87. The van der Waals surface area contributed by atoms with Crippen LogP contribution in [0.2, 0.25) is 0 Å². The summed E-state index contributed by atoms with van der Waals surface area (Å²) >= 11 is 0. The molecule has 0 fully saturated rings. The fraction of sp³-hybridized carbons (Fsp3) is 0.0714. The van der Waals surface area contributed by atoms with Gasteiger partial charge in [-0.05, 0) is 17.5 Å². The SMILES string of the molecule is O=C(COc1cccc2ccccc12)OC(C(=O)c1c[nH]c2ccccc12)c1ccccc1. The number of fused-ring (bicyclic) bond motifs is 2. The lowest BCUT2D eigenvalue weighted by atomic mass is 9.99. The molecule has 1 unspecified atom stereocenters. The Hall–Kier alpha value is -4.38. The molecule has 5 rings (SSSR count). The van der Waals surface area contributed by atoms with Crippen molar-refractivity contribution in [2.45, 2.75) is 6.10 Å². The molecule has 5 aromatic rings. The molecule has 1 N–H and O–H groups in total. The summed E-state index contributed by atoms with van der Waals surface area (Å²) in [5.41, 5.74) is 1.92. The van der Waals surface area contributed by atoms with E-state index in [-0.39, 0.29) is 12.4 Å². The van der Waals surface area contributed by atoms with Gasteiger partial charge in [0.1, 0.15) is 5.75 Å². The van der Waals surface area contributed by atoms with Crippen LogP contribution in [0.5, 0.6) is 5.75 Å². The molecule has 0 radical (unpaired) electrons. The highest BCUT2D eigenvalue weighted by atomic mass is 16.6. The van der Waals surface area contributed by atoms with E-state index in [1.165, 1.54) is 0 Å². The maximum atomic E-state index is 13.5. The van der Waals surface area contributed by atoms with E-state index in [1.807, 2.05) is 78.9 Å². The normalized spacial score (nSPS) is 11.9. The Morgan fingerprint density at radius 1 is 0.758 bits per heavy atom. The molecule has 4 aromatic carbocycles. The zero-order valence-electron chi connectivity index (χ0n) is 17.7. The van der Waals surface area contributed by atoms with Gasteiger partial charge in [0.25, 0.3) is 0 Å². The molecule has 5 nitrogen and oxygen atoms in total. The highest BCUT2D eigenvalue weighted by molar-refractivity contribution is 6.10. The highest BCUT2D eigenvalue weighted by Gasteiger charge is 2.28. The highest BCUT2D eigenvalue weighted by Crippen LogP contribution is 2.28. The molecular weight excluding hydrogens is 414 g/mol. The monoisotopic (exact) mass is 435 g/mol. The number of nitrogens with one attached hydrogen (secondary N) is 1. The van der Waals surface area contributed by atoms with Crippen LogP contribution < -0.4 is 4.74 Å². The summed E-state index contributed by atoms with van der Waals surface area (Å²) in [4.78, 5) is 29.3. The summed E-state index contributed by atoms with van der Waals surface area (Å²) < 4.78 is 11.4. The number of aromatic nitrogens is 1. The predicted molar refractivity (Wildman–Crippen MR) is 127 cm³/mol. The molecular formula is C28H21NO4. The molecule has 0 amide bonds. The van der Waals surface area contributed by atoms with E-state index >= 15 is 0 Å². The van der Waals surface area contributed by atoms with Crippen molar-refractivity contribution in [1.82, 2.24) is 4.98 Å². The van der Waals surface area contributed by atoms with Gasteiger partial charge in [-0.25, -0.2) is 4.79 Å². The van der Waals surface area contributed by atoms with Crippen molar-refractivity contribution >= 4 is 33.4 Å². The minimum Gasteiger partial charge on any atom is -0.481 e. The topological polar surface area (TPSA) is 68.4 Å². The smallest absolute Gasteiger partial charge is 0.345 e. The first-order valence-corrected chi connectivity index (χ1v) is 10.7. The number of carbonyl (C=O) groups excluding carboxylic acids is 2. The van der Waals surface area contributed by atoms with Crippen molar-refractivity contribution in [3.8, 4) is 5.75 Å². The Morgan fingerprint density at radius 3 is 2.30 bits per heavy atom. The molecule has 0 aliphatic carbocycles. The number of rotatable bonds is 7. The molecule has 0 saturated carbocycles. The van der Waals surface area contributed by atoms with Crippen LogP contribution >= 0.6 is 0 Å². The summed E-state index contributed by atoms with van der Waals surface area (Å²) in [6.45, 7) is -0.307. The maximum Gasteiger partial charge on any atom is 0.345 e. The van der Waals surface area contributed by atoms with Gasteiger partial charge < -0.3 is 14.5 Å². The van der Waals surface area contributed by atoms with Crippen LogP contribution in [0.4, 0.5) is 0 Å². The van der Waals surface area contributed by atoms with Gasteiger partial charge in [0.2, 0.25) is 5.78 Å². The molecule has 0 bridgehead atoms. The number of Topliss-reactive ketones (excluding diaryl/α,β-unsaturated/α-hetero) is 1. The lowest BCUT2D eigenvalue weighted by molar-refractivity contribution is -0.149. The molecule has 1 atom stereocenters. The van der Waals surface area contributed by atoms with Crippen LogP contribution in [0.1, 0.15) is 22.0 Å². The number of ketones is 1. The summed E-state index contributed by atoms with van der Waals surface area (Å²) in [6, 6.07) is 30.0. The van der Waals surface area contributed by atoms with E-state index < -0.39 is 12.1 Å². The van der Waals surface area contributed by atoms with E-state index in [9.17, 15) is 9.59 Å². The van der Waals surface area contributed by atoms with Crippen molar-refractivity contribution in [2.75, 3.05) is 6.61 Å². The number of benzene rings is 4. The van der Waals surface area contributed by atoms with Gasteiger partial charge in [0, 0.05) is 33.6 Å². The number of H-pyrrole nitrogens is 1. The number of hydrogen-bond acceptors (Lipinski definition) is 4. The van der Waals surface area contributed by atoms with Gasteiger partial charge >= 0.3 is 5.97 Å². The van der Waals surface area contributed by atoms with Gasteiger partial charge in [-0.15, -0.1) is 0 Å². The maximum absolute atomic E-state index is 13.5. The molecule has 162 valence electrons. The van der Waals surface area contributed by atoms with E-state index in [4.69, 9.17) is 9.47 Å². The number of esters is 1. The van der Waals surface area contributed by atoms with Crippen molar-refractivity contribution in [3.05, 3.63) is 114 Å². The van der Waals surface area contributed by atoms with Crippen LogP contribution in [-0.2, 0) is 9.53 Å². The fourth-order valence-corrected chi connectivity index (χ4v) is 3.94. The zero-order chi connectivity index (χ0) is 22.6. The number of para-hydroxylation sites is 1. The van der Waals surface area contributed by atoms with Crippen molar-refractivity contribution < 1.29 is 19.1 Å². The molecule has 0 aliphatic heterocycles. The second-order valence-electron chi connectivity index (χ2n) is 7.66. The van der Waals surface area contributed by atoms with Crippen molar-refractivity contribution in [1.29, 1.82) is 0 Å². The Morgan fingerprint density at radius 2 is 1.45 bits per heavy atom. The van der Waals surface area contributed by atoms with Crippen LogP contribution in [-0.4, -0.2) is 23.3 Å². The Balaban J connectivity index is 1.38. The van der Waals surface area contributed by atoms with Crippen molar-refractivity contribution in [3.63, 3.8) is 0 Å². The first-order chi connectivity index (χ1) is 16.2. The third-order valence-electron chi connectivity index (χ3n) is 5.54. The van der Waals surface area contributed by atoms with E-state index in [1.54, 1.807) is 24.4 Å². The quantitative estimate of drug-likeness (QED) is 0.257. The van der Waals surface area contributed by atoms with E-state index in [0.717, 1.165) is 21.7 Å². The summed E-state index contributed by atoms with van der Waals surface area (Å²) in [6.07, 6.45) is 0.581. The third kappa shape index (κ3) is 4.21. The fourth-order valence-electron chi connectivity index (χ4n) is 3.94. The number of carbonyl (C=O) groups is 2. The minimum atomic E-state index is -1.07. The molecule has 33 heavy (non-hydrogen) atoms. The van der Waals surface area contributed by atoms with E-state index in [2.05, 4.69) is 4.98 Å². The van der Waals surface area contributed by atoms with Crippen LogP contribution in [0.15, 0.2) is 103 Å². The largest absolute Gasteiger partial charge is 0.481 e. The van der Waals surface area contributed by atoms with Gasteiger partial charge in [-0.1, -0.05) is 84.9 Å². The molecule has 0 spiro atoms. The molecule has 0 aliphatic rings. The lowest BCUT2D eigenvalue weighted by Gasteiger charge is -2.17. The Kier molecular flexibility index (Phi) is 5.60. The Labute approximate surface area is 190 Å².